The number of carbonyl (C=O) groups is 1. The van der Waals surface area contributed by atoms with Crippen LogP contribution in [-0.2, 0) is 4.79 Å². The van der Waals surface area contributed by atoms with E-state index in [2.05, 4.69) is 42.8 Å². The molecule has 0 spiro atoms. The predicted molar refractivity (Wildman–Crippen MR) is 107 cm³/mol. The van der Waals surface area contributed by atoms with Crippen LogP contribution in [0.2, 0.25) is 0 Å². The first-order valence-electron chi connectivity index (χ1n) is 9.73. The lowest BCUT2D eigenvalue weighted by Gasteiger charge is -2.44. The van der Waals surface area contributed by atoms with Crippen molar-refractivity contribution in [2.75, 3.05) is 46.4 Å². The summed E-state index contributed by atoms with van der Waals surface area (Å²) in [6.45, 7) is 14.9. The fourth-order valence-corrected chi connectivity index (χ4v) is 3.50. The highest BCUT2D eigenvalue weighted by atomic mass is 16.5. The Hall–Kier alpha value is -1.59. The molecule has 0 radical (unpaired) electrons. The highest BCUT2D eigenvalue weighted by Gasteiger charge is 2.30. The van der Waals surface area contributed by atoms with Gasteiger partial charge in [-0.15, -0.1) is 0 Å². The summed E-state index contributed by atoms with van der Waals surface area (Å²) in [6, 6.07) is 7.97. The lowest BCUT2D eigenvalue weighted by molar-refractivity contribution is -0.122. The minimum atomic E-state index is -0.0150. The summed E-state index contributed by atoms with van der Waals surface area (Å²) in [5.74, 6) is 1.15. The maximum absolute atomic E-state index is 12.4. The average Bonchev–Trinajstić information content (AvgIpc) is 2.66. The number of hydrogen-bond donors (Lipinski definition) is 1. The summed E-state index contributed by atoms with van der Waals surface area (Å²) in [5.41, 5.74) is 1.15. The molecule has 1 heterocycles. The monoisotopic (exact) mass is 361 g/mol. The van der Waals surface area contributed by atoms with E-state index in [1.807, 2.05) is 24.3 Å². The third-order valence-corrected chi connectivity index (χ3v) is 5.57. The van der Waals surface area contributed by atoms with E-state index in [9.17, 15) is 4.79 Å². The van der Waals surface area contributed by atoms with Crippen molar-refractivity contribution in [1.29, 1.82) is 0 Å². The van der Waals surface area contributed by atoms with Gasteiger partial charge in [-0.1, -0.05) is 26.0 Å². The van der Waals surface area contributed by atoms with E-state index >= 15 is 0 Å². The Balaban J connectivity index is 1.79. The zero-order valence-corrected chi connectivity index (χ0v) is 17.0. The number of likely N-dealkylation sites (N-methyl/N-ethyl adjacent to an activating group) is 1. The summed E-state index contributed by atoms with van der Waals surface area (Å²) in [6.07, 6.45) is 0.506. The van der Waals surface area contributed by atoms with E-state index in [4.69, 9.17) is 4.74 Å². The number of rotatable bonds is 8. The van der Waals surface area contributed by atoms with Crippen LogP contribution in [0.4, 0.5) is 0 Å². The van der Waals surface area contributed by atoms with Gasteiger partial charge >= 0.3 is 0 Å². The maximum atomic E-state index is 12.4. The Labute approximate surface area is 158 Å². The van der Waals surface area contributed by atoms with Gasteiger partial charge in [-0.3, -0.25) is 9.69 Å². The molecule has 26 heavy (non-hydrogen) atoms. The van der Waals surface area contributed by atoms with E-state index in [-0.39, 0.29) is 17.4 Å². The second-order valence-corrected chi connectivity index (χ2v) is 7.89. The minimum absolute atomic E-state index is 0.0150. The zero-order chi connectivity index (χ0) is 19.2. The summed E-state index contributed by atoms with van der Waals surface area (Å²) in [5, 5.41) is 3.15. The van der Waals surface area contributed by atoms with Crippen LogP contribution in [0.1, 0.15) is 45.6 Å². The van der Waals surface area contributed by atoms with Crippen molar-refractivity contribution in [3.05, 3.63) is 29.8 Å². The molecule has 1 N–H and O–H groups in total. The number of carbonyl (C=O) groups excluding carboxylic acids is 1. The molecule has 1 atom stereocenters. The molecule has 0 bridgehead atoms. The summed E-state index contributed by atoms with van der Waals surface area (Å²) in [4.78, 5) is 17.4. The number of benzene rings is 1. The van der Waals surface area contributed by atoms with Crippen LogP contribution in [0.25, 0.3) is 0 Å². The molecule has 1 fully saturated rings. The number of methoxy groups -OCH3 is 1. The number of hydrogen-bond acceptors (Lipinski definition) is 4. The van der Waals surface area contributed by atoms with Gasteiger partial charge in [0.25, 0.3) is 0 Å². The highest BCUT2D eigenvalue weighted by molar-refractivity contribution is 5.76. The molecular formula is C21H35N3O2. The van der Waals surface area contributed by atoms with Crippen LogP contribution < -0.4 is 10.1 Å². The van der Waals surface area contributed by atoms with Crippen molar-refractivity contribution in [3.8, 4) is 5.75 Å². The third-order valence-electron chi connectivity index (χ3n) is 5.57. The number of nitrogens with zero attached hydrogens (tertiary/aromatic N) is 2. The molecule has 5 heteroatoms. The van der Waals surface area contributed by atoms with E-state index in [0.29, 0.717) is 13.0 Å². The molecule has 0 saturated carbocycles. The van der Waals surface area contributed by atoms with Crippen molar-refractivity contribution in [2.45, 2.75) is 45.6 Å². The molecule has 0 aliphatic carbocycles. The minimum Gasteiger partial charge on any atom is -0.497 e. The molecule has 5 nitrogen and oxygen atoms in total. The van der Waals surface area contributed by atoms with Gasteiger partial charge in [0.15, 0.2) is 0 Å². The van der Waals surface area contributed by atoms with Gasteiger partial charge in [0.05, 0.1) is 7.11 Å². The third kappa shape index (κ3) is 5.71. The largest absolute Gasteiger partial charge is 0.497 e. The first kappa shape index (κ1) is 20.7. The number of piperazine rings is 1. The molecule has 1 aliphatic heterocycles. The van der Waals surface area contributed by atoms with Gasteiger partial charge in [-0.05, 0) is 44.0 Å². The quantitative estimate of drug-likeness (QED) is 0.773. The maximum Gasteiger partial charge on any atom is 0.220 e. The Morgan fingerprint density at radius 3 is 2.35 bits per heavy atom. The van der Waals surface area contributed by atoms with Gasteiger partial charge in [0, 0.05) is 44.7 Å². The van der Waals surface area contributed by atoms with E-state index < -0.39 is 0 Å². The summed E-state index contributed by atoms with van der Waals surface area (Å²) in [7, 11) is 1.66. The van der Waals surface area contributed by atoms with Gasteiger partial charge in [0.1, 0.15) is 5.75 Å². The van der Waals surface area contributed by atoms with Crippen LogP contribution in [-0.4, -0.2) is 67.6 Å². The number of ether oxygens (including phenoxy) is 1. The van der Waals surface area contributed by atoms with Crippen LogP contribution in [0.5, 0.6) is 5.75 Å². The van der Waals surface area contributed by atoms with Crippen molar-refractivity contribution >= 4 is 5.91 Å². The second-order valence-electron chi connectivity index (χ2n) is 7.89. The molecule has 1 amide bonds. The molecular weight excluding hydrogens is 326 g/mol. The fourth-order valence-electron chi connectivity index (χ4n) is 3.50. The average molecular weight is 362 g/mol. The van der Waals surface area contributed by atoms with Crippen LogP contribution in [0.15, 0.2) is 24.3 Å². The Morgan fingerprint density at radius 1 is 1.19 bits per heavy atom. The Bertz CT molecular complexity index is 563. The smallest absolute Gasteiger partial charge is 0.220 e. The summed E-state index contributed by atoms with van der Waals surface area (Å²) < 4.78 is 5.19. The van der Waals surface area contributed by atoms with Gasteiger partial charge in [-0.2, -0.15) is 0 Å². The molecule has 1 aromatic carbocycles. The Kier molecular flexibility index (Phi) is 7.47. The highest BCUT2D eigenvalue weighted by Crippen LogP contribution is 2.22. The lowest BCUT2D eigenvalue weighted by Crippen LogP contribution is -2.58. The van der Waals surface area contributed by atoms with E-state index in [0.717, 1.165) is 44.0 Å². The molecule has 146 valence electrons. The summed E-state index contributed by atoms with van der Waals surface area (Å²) >= 11 is 0. The van der Waals surface area contributed by atoms with Crippen molar-refractivity contribution < 1.29 is 9.53 Å². The van der Waals surface area contributed by atoms with Crippen molar-refractivity contribution in [2.24, 2.45) is 0 Å². The first-order chi connectivity index (χ1) is 12.4. The number of amides is 1. The van der Waals surface area contributed by atoms with Crippen LogP contribution >= 0.6 is 0 Å². The molecule has 1 aromatic rings. The lowest BCUT2D eigenvalue weighted by atomic mass is 9.96. The first-order valence-corrected chi connectivity index (χ1v) is 9.73. The predicted octanol–water partition coefficient (Wildman–Crippen LogP) is 2.72. The Morgan fingerprint density at radius 2 is 1.81 bits per heavy atom. The van der Waals surface area contributed by atoms with Crippen molar-refractivity contribution in [3.63, 3.8) is 0 Å². The van der Waals surface area contributed by atoms with Gasteiger partial charge < -0.3 is 15.0 Å². The normalized spacial score (nSPS) is 17.7. The van der Waals surface area contributed by atoms with Gasteiger partial charge in [-0.25, -0.2) is 0 Å². The standard InChI is InChI=1S/C21H35N3O2/c1-6-23-11-13-24(14-12-23)21(3,4)16-22-20(25)15-17(2)18-7-9-19(26-5)10-8-18/h7-10,17H,6,11-16H2,1-5H3,(H,22,25). The van der Waals surface area contributed by atoms with E-state index in [1.54, 1.807) is 7.11 Å². The molecule has 1 unspecified atom stereocenters. The molecule has 1 aliphatic rings. The number of nitrogens with one attached hydrogen (secondary N) is 1. The van der Waals surface area contributed by atoms with Crippen LogP contribution in [0, 0.1) is 0 Å². The van der Waals surface area contributed by atoms with Crippen molar-refractivity contribution in [1.82, 2.24) is 15.1 Å². The molecule has 1 saturated heterocycles. The van der Waals surface area contributed by atoms with Crippen LogP contribution in [0.3, 0.4) is 0 Å². The molecule has 2 rings (SSSR count). The topological polar surface area (TPSA) is 44.8 Å². The molecule has 0 aromatic heterocycles. The SMILES string of the molecule is CCN1CCN(C(C)(C)CNC(=O)CC(C)c2ccc(OC)cc2)CC1. The van der Waals surface area contributed by atoms with Gasteiger partial charge in [0.2, 0.25) is 5.91 Å². The fraction of sp³-hybridized carbons (Fsp3) is 0.667. The van der Waals surface area contributed by atoms with E-state index in [1.165, 1.54) is 0 Å². The second kappa shape index (κ2) is 9.38. The zero-order valence-electron chi connectivity index (χ0n) is 17.0.